The highest BCUT2D eigenvalue weighted by Gasteiger charge is 1.91. The fourth-order valence-electron chi connectivity index (χ4n) is 0.0833. The quantitative estimate of drug-likeness (QED) is 0.449. The molecule has 0 saturated carbocycles. The van der Waals surface area contributed by atoms with E-state index in [4.69, 9.17) is 5.11 Å². The molecule has 3 N–H and O–H groups in total. The summed E-state index contributed by atoms with van der Waals surface area (Å²) in [6.45, 7) is 6.09. The van der Waals surface area contributed by atoms with Gasteiger partial charge in [-0.15, -0.1) is 0 Å². The summed E-state index contributed by atoms with van der Waals surface area (Å²) in [6, 6.07) is 0. The second-order valence-electron chi connectivity index (χ2n) is 1.56. The molecule has 0 bridgehead atoms. The largest absolute Gasteiger partial charge is 0.477 e. The number of carbonyl (C=O) groups is 2. The molecule has 0 rings (SSSR count). The van der Waals surface area contributed by atoms with Crippen LogP contribution < -0.4 is 5.73 Å². The van der Waals surface area contributed by atoms with E-state index in [2.05, 4.69) is 23.6 Å². The van der Waals surface area contributed by atoms with Gasteiger partial charge in [0, 0.05) is 6.08 Å². The Kier molecular flexibility index (Phi) is 7.85. The number of hydrogen-bond donors (Lipinski definition) is 2. The second kappa shape index (κ2) is 7.33. The zero-order chi connectivity index (χ0) is 10.1. The van der Waals surface area contributed by atoms with Gasteiger partial charge in [-0.3, -0.25) is 0 Å². The molecule has 0 atom stereocenters. The highest BCUT2D eigenvalue weighted by molar-refractivity contribution is 5.84. The summed E-state index contributed by atoms with van der Waals surface area (Å²) in [5.41, 5.74) is 4.32. The number of hydrogen-bond acceptors (Lipinski definition) is 4. The monoisotopic (exact) mass is 173 g/mol. The Morgan fingerprint density at radius 2 is 1.92 bits per heavy atom. The summed E-state index contributed by atoms with van der Waals surface area (Å²) in [6.07, 6.45) is 1.11. The lowest BCUT2D eigenvalue weighted by Gasteiger charge is -1.83. The molecule has 0 fully saturated rings. The Bertz CT molecular complexity index is 183. The van der Waals surface area contributed by atoms with Crippen LogP contribution >= 0.6 is 0 Å². The number of carboxylic acid groups (broad SMARTS) is 1. The molecule has 0 aromatic carbocycles. The van der Waals surface area contributed by atoms with Gasteiger partial charge < -0.3 is 15.6 Å². The van der Waals surface area contributed by atoms with E-state index in [0.29, 0.717) is 0 Å². The van der Waals surface area contributed by atoms with Gasteiger partial charge in [0.2, 0.25) is 0 Å². The lowest BCUT2D eigenvalue weighted by Crippen LogP contribution is -2.06. The van der Waals surface area contributed by atoms with Crippen molar-refractivity contribution in [2.24, 2.45) is 5.73 Å². The van der Waals surface area contributed by atoms with E-state index in [0.717, 1.165) is 6.08 Å². The maximum atomic E-state index is 9.84. The number of aliphatic carboxylic acids is 1. The fourth-order valence-corrected chi connectivity index (χ4v) is 0.0833. The number of rotatable bonds is 2. The van der Waals surface area contributed by atoms with E-state index in [9.17, 15) is 9.59 Å². The van der Waals surface area contributed by atoms with Crippen LogP contribution in [0.2, 0.25) is 0 Å². The van der Waals surface area contributed by atoms with Crippen molar-refractivity contribution in [3.8, 4) is 0 Å². The first-order valence-electron chi connectivity index (χ1n) is 2.83. The number of esters is 1. The van der Waals surface area contributed by atoms with E-state index in [1.807, 2.05) is 0 Å². The van der Waals surface area contributed by atoms with Gasteiger partial charge in [-0.1, -0.05) is 13.2 Å². The van der Waals surface area contributed by atoms with Crippen molar-refractivity contribution < 1.29 is 19.4 Å². The minimum Gasteiger partial charge on any atom is -0.477 e. The maximum Gasteiger partial charge on any atom is 0.351 e. The number of methoxy groups -OCH3 is 1. The summed E-state index contributed by atoms with van der Waals surface area (Å²) in [5, 5.41) is 7.77. The van der Waals surface area contributed by atoms with Gasteiger partial charge >= 0.3 is 11.9 Å². The lowest BCUT2D eigenvalue weighted by molar-refractivity contribution is -0.135. The summed E-state index contributed by atoms with van der Waals surface area (Å²) >= 11 is 0. The molecular formula is C7H11NO4. The second-order valence-corrected chi connectivity index (χ2v) is 1.56. The molecule has 0 aromatic rings. The molecule has 0 spiro atoms. The van der Waals surface area contributed by atoms with Crippen LogP contribution in [-0.4, -0.2) is 24.2 Å². The van der Waals surface area contributed by atoms with Crippen molar-refractivity contribution >= 4 is 11.9 Å². The molecule has 68 valence electrons. The first-order valence-corrected chi connectivity index (χ1v) is 2.83. The average molecular weight is 173 g/mol. The van der Waals surface area contributed by atoms with Gasteiger partial charge in [-0.25, -0.2) is 9.59 Å². The van der Waals surface area contributed by atoms with Gasteiger partial charge in [0.05, 0.1) is 7.11 Å². The molecule has 0 radical (unpaired) electrons. The minimum atomic E-state index is -1.16. The van der Waals surface area contributed by atoms with Crippen molar-refractivity contribution in [3.63, 3.8) is 0 Å². The molecule has 0 aliphatic rings. The smallest absolute Gasteiger partial charge is 0.351 e. The topological polar surface area (TPSA) is 89.6 Å². The Morgan fingerprint density at radius 1 is 1.58 bits per heavy atom. The van der Waals surface area contributed by atoms with Crippen LogP contribution in [0.1, 0.15) is 0 Å². The Balaban J connectivity index is 0. The molecular weight excluding hydrogens is 162 g/mol. The average Bonchev–Trinajstić information content (AvgIpc) is 2.04. The van der Waals surface area contributed by atoms with E-state index in [1.165, 1.54) is 7.11 Å². The summed E-state index contributed by atoms with van der Waals surface area (Å²) < 4.78 is 4.14. The summed E-state index contributed by atoms with van der Waals surface area (Å²) in [4.78, 5) is 19.3. The van der Waals surface area contributed by atoms with Crippen molar-refractivity contribution in [3.05, 3.63) is 24.9 Å². The molecule has 5 nitrogen and oxygen atoms in total. The summed E-state index contributed by atoms with van der Waals surface area (Å²) in [5.74, 6) is -1.55. The van der Waals surface area contributed by atoms with E-state index in [1.54, 1.807) is 0 Å². The number of carbonyl (C=O) groups excluding carboxylic acids is 1. The van der Waals surface area contributed by atoms with Gasteiger partial charge in [0.1, 0.15) is 5.70 Å². The molecule has 0 aromatic heterocycles. The SMILES string of the molecule is C=C(N)C(=O)O.C=CC(=O)OC. The number of carboxylic acids is 1. The molecule has 0 unspecified atom stereocenters. The van der Waals surface area contributed by atoms with E-state index in [-0.39, 0.29) is 5.70 Å². The Hall–Kier alpha value is -1.78. The predicted molar refractivity (Wildman–Crippen MR) is 43.2 cm³/mol. The van der Waals surface area contributed by atoms with Gasteiger partial charge in [0.15, 0.2) is 0 Å². The van der Waals surface area contributed by atoms with Gasteiger partial charge in [-0.05, 0) is 0 Å². The highest BCUT2D eigenvalue weighted by atomic mass is 16.5. The van der Waals surface area contributed by atoms with Crippen LogP contribution in [0.5, 0.6) is 0 Å². The van der Waals surface area contributed by atoms with Crippen molar-refractivity contribution in [1.29, 1.82) is 0 Å². The van der Waals surface area contributed by atoms with Crippen LogP contribution in [0.3, 0.4) is 0 Å². The van der Waals surface area contributed by atoms with Gasteiger partial charge in [0.25, 0.3) is 0 Å². The van der Waals surface area contributed by atoms with Crippen LogP contribution in [0.4, 0.5) is 0 Å². The third-order valence-corrected chi connectivity index (χ3v) is 0.643. The van der Waals surface area contributed by atoms with Crippen molar-refractivity contribution in [1.82, 2.24) is 0 Å². The highest BCUT2D eigenvalue weighted by Crippen LogP contribution is 1.69. The normalized spacial score (nSPS) is 7.08. The number of nitrogens with two attached hydrogens (primary N) is 1. The minimum absolute atomic E-state index is 0.324. The molecule has 0 aliphatic carbocycles. The number of ether oxygens (including phenoxy) is 1. The molecule has 0 heterocycles. The van der Waals surface area contributed by atoms with E-state index >= 15 is 0 Å². The lowest BCUT2D eigenvalue weighted by atomic mass is 10.5. The molecule has 5 heteroatoms. The fraction of sp³-hybridized carbons (Fsp3) is 0.143. The van der Waals surface area contributed by atoms with Crippen LogP contribution in [0.15, 0.2) is 24.9 Å². The maximum absolute atomic E-state index is 9.84. The molecule has 0 amide bonds. The van der Waals surface area contributed by atoms with Crippen molar-refractivity contribution in [2.75, 3.05) is 7.11 Å². The zero-order valence-electron chi connectivity index (χ0n) is 6.74. The molecule has 12 heavy (non-hydrogen) atoms. The van der Waals surface area contributed by atoms with Crippen LogP contribution in [0, 0.1) is 0 Å². The first-order chi connectivity index (χ1) is 5.45. The van der Waals surface area contributed by atoms with Crippen LogP contribution in [-0.2, 0) is 14.3 Å². The third-order valence-electron chi connectivity index (χ3n) is 0.643. The standard InChI is InChI=1S/C4H6O2.C3H5NO2/c1-3-4(5)6-2;1-2(4)3(5)6/h3H,1H2,2H3;1,4H2,(H,5,6). The third kappa shape index (κ3) is 11.1. The Morgan fingerprint density at radius 3 is 1.92 bits per heavy atom. The van der Waals surface area contributed by atoms with Gasteiger partial charge in [-0.2, -0.15) is 0 Å². The predicted octanol–water partition coefficient (Wildman–Crippen LogP) is -0.111. The zero-order valence-corrected chi connectivity index (χ0v) is 6.74. The first kappa shape index (κ1) is 12.9. The molecule has 0 aliphatic heterocycles. The Labute approximate surface area is 70.1 Å². The summed E-state index contributed by atoms with van der Waals surface area (Å²) in [7, 11) is 1.31. The molecule has 0 saturated heterocycles. The van der Waals surface area contributed by atoms with Crippen molar-refractivity contribution in [2.45, 2.75) is 0 Å². The van der Waals surface area contributed by atoms with E-state index < -0.39 is 11.9 Å². The van der Waals surface area contributed by atoms with Crippen LogP contribution in [0.25, 0.3) is 0 Å².